The molecule has 1 amide bonds. The van der Waals surface area contributed by atoms with Gasteiger partial charge in [0.15, 0.2) is 11.0 Å². The molecule has 2 aliphatic heterocycles. The van der Waals surface area contributed by atoms with Crippen molar-refractivity contribution in [2.24, 2.45) is 0 Å². The number of aryl methyl sites for hydroxylation is 1. The van der Waals surface area contributed by atoms with E-state index in [1.54, 1.807) is 0 Å². The molecular formula is C20H24Cl2FN5O2. The van der Waals surface area contributed by atoms with Crippen molar-refractivity contribution in [1.82, 2.24) is 19.9 Å². The molecule has 2 aromatic heterocycles. The van der Waals surface area contributed by atoms with Crippen molar-refractivity contribution in [3.05, 3.63) is 21.9 Å². The highest BCUT2D eigenvalue weighted by Crippen LogP contribution is 2.37. The Morgan fingerprint density at radius 1 is 1.17 bits per heavy atom. The monoisotopic (exact) mass is 455 g/mol. The van der Waals surface area contributed by atoms with Crippen LogP contribution in [-0.4, -0.2) is 56.7 Å². The molecule has 7 nitrogen and oxygen atoms in total. The van der Waals surface area contributed by atoms with Crippen LogP contribution >= 0.6 is 23.2 Å². The molecule has 2 aromatic rings. The van der Waals surface area contributed by atoms with Crippen LogP contribution in [0.1, 0.15) is 46.2 Å². The van der Waals surface area contributed by atoms with Crippen LogP contribution in [0.5, 0.6) is 0 Å². The van der Waals surface area contributed by atoms with Gasteiger partial charge in [0.2, 0.25) is 5.28 Å². The lowest BCUT2D eigenvalue weighted by molar-refractivity contribution is 0.0123. The van der Waals surface area contributed by atoms with Gasteiger partial charge in [-0.25, -0.2) is 19.2 Å². The maximum atomic E-state index is 14.7. The number of nitrogens with zero attached hydrogens (tertiary/aromatic N) is 5. The molecule has 0 N–H and O–H groups in total. The largest absolute Gasteiger partial charge is 0.444 e. The third kappa shape index (κ3) is 3.75. The van der Waals surface area contributed by atoms with Crippen molar-refractivity contribution in [3.63, 3.8) is 0 Å². The Morgan fingerprint density at radius 3 is 2.37 bits per heavy atom. The molecule has 2 saturated heterocycles. The predicted molar refractivity (Wildman–Crippen MR) is 114 cm³/mol. The molecule has 0 radical (unpaired) electrons. The van der Waals surface area contributed by atoms with E-state index in [9.17, 15) is 9.18 Å². The van der Waals surface area contributed by atoms with E-state index >= 15 is 0 Å². The van der Waals surface area contributed by atoms with E-state index in [2.05, 4.69) is 15.0 Å². The fraction of sp³-hybridized carbons (Fsp3) is 0.600. The average Bonchev–Trinajstić information content (AvgIpc) is 2.93. The fourth-order valence-electron chi connectivity index (χ4n) is 4.34. The number of halogens is 3. The van der Waals surface area contributed by atoms with E-state index in [0.29, 0.717) is 36.4 Å². The number of hydrogen-bond acceptors (Lipinski definition) is 6. The van der Waals surface area contributed by atoms with E-state index in [1.807, 2.05) is 37.5 Å². The summed E-state index contributed by atoms with van der Waals surface area (Å²) in [7, 11) is 0. The van der Waals surface area contributed by atoms with Crippen LogP contribution in [0, 0.1) is 5.82 Å². The van der Waals surface area contributed by atoms with Crippen molar-refractivity contribution in [2.45, 2.75) is 64.6 Å². The lowest BCUT2D eigenvalue weighted by Gasteiger charge is -2.42. The molecule has 2 atom stereocenters. The van der Waals surface area contributed by atoms with Gasteiger partial charge < -0.3 is 9.64 Å². The van der Waals surface area contributed by atoms with E-state index in [0.717, 1.165) is 12.8 Å². The molecule has 0 spiro atoms. The fourth-order valence-corrected chi connectivity index (χ4v) is 4.70. The van der Waals surface area contributed by atoms with Gasteiger partial charge in [-0.1, -0.05) is 18.5 Å². The van der Waals surface area contributed by atoms with Crippen molar-refractivity contribution < 1.29 is 13.9 Å². The van der Waals surface area contributed by atoms with Crippen LogP contribution in [0.25, 0.3) is 10.9 Å². The van der Waals surface area contributed by atoms with Gasteiger partial charge in [0.1, 0.15) is 16.9 Å². The van der Waals surface area contributed by atoms with Crippen LogP contribution in [0.4, 0.5) is 15.0 Å². The highest BCUT2D eigenvalue weighted by atomic mass is 35.5. The Labute approximate surface area is 184 Å². The number of ether oxygens (including phenoxy) is 1. The van der Waals surface area contributed by atoms with Gasteiger partial charge in [-0.2, -0.15) is 4.98 Å². The number of anilines is 1. The number of carbonyl (C=O) groups is 1. The second-order valence-corrected chi connectivity index (χ2v) is 9.43. The van der Waals surface area contributed by atoms with Gasteiger partial charge in [-0.3, -0.25) is 4.90 Å². The van der Waals surface area contributed by atoms with Gasteiger partial charge >= 0.3 is 6.09 Å². The van der Waals surface area contributed by atoms with Crippen LogP contribution in [0.2, 0.25) is 10.4 Å². The third-order valence-corrected chi connectivity index (χ3v) is 5.91. The zero-order valence-corrected chi connectivity index (χ0v) is 18.9. The zero-order chi connectivity index (χ0) is 21.8. The molecule has 4 rings (SSSR count). The summed E-state index contributed by atoms with van der Waals surface area (Å²) in [4.78, 5) is 29.3. The minimum Gasteiger partial charge on any atom is -0.444 e. The van der Waals surface area contributed by atoms with Crippen LogP contribution < -0.4 is 4.90 Å². The topological polar surface area (TPSA) is 71.5 Å². The predicted octanol–water partition coefficient (Wildman–Crippen LogP) is 4.62. The summed E-state index contributed by atoms with van der Waals surface area (Å²) < 4.78 is 20.3. The SMILES string of the molecule is CCc1nc(Cl)c(F)c2nc(Cl)nc(N3CC4CCC(C3)N4C(=O)OC(C)(C)C)c12. The van der Waals surface area contributed by atoms with Crippen LogP contribution in [0.15, 0.2) is 0 Å². The Balaban J connectivity index is 1.72. The molecule has 2 bridgehead atoms. The second-order valence-electron chi connectivity index (χ2n) is 8.73. The number of carbonyl (C=O) groups excluding carboxylic acids is 1. The molecule has 0 aromatic carbocycles. The van der Waals surface area contributed by atoms with Crippen LogP contribution in [0.3, 0.4) is 0 Å². The number of aromatic nitrogens is 3. The highest BCUT2D eigenvalue weighted by molar-refractivity contribution is 6.31. The Hall–Kier alpha value is -1.93. The lowest BCUT2D eigenvalue weighted by Crippen LogP contribution is -2.57. The molecular weight excluding hydrogens is 432 g/mol. The molecule has 2 aliphatic rings. The normalized spacial score (nSPS) is 21.4. The number of fused-ring (bicyclic) bond motifs is 3. The highest BCUT2D eigenvalue weighted by Gasteiger charge is 2.45. The van der Waals surface area contributed by atoms with E-state index in [1.165, 1.54) is 0 Å². The molecule has 2 fully saturated rings. The average molecular weight is 456 g/mol. The van der Waals surface area contributed by atoms with Crippen molar-refractivity contribution in [2.75, 3.05) is 18.0 Å². The Kier molecular flexibility index (Phi) is 5.43. The third-order valence-electron chi connectivity index (χ3n) is 5.49. The van der Waals surface area contributed by atoms with Gasteiger partial charge in [0.25, 0.3) is 0 Å². The first-order valence-corrected chi connectivity index (χ1v) is 10.8. The van der Waals surface area contributed by atoms with Crippen molar-refractivity contribution >= 4 is 46.0 Å². The summed E-state index contributed by atoms with van der Waals surface area (Å²) in [6.45, 7) is 8.58. The maximum Gasteiger partial charge on any atom is 0.410 e. The first-order chi connectivity index (χ1) is 14.1. The first-order valence-electron chi connectivity index (χ1n) is 10.1. The number of amides is 1. The van der Waals surface area contributed by atoms with E-state index in [-0.39, 0.29) is 34.1 Å². The molecule has 162 valence electrons. The van der Waals surface area contributed by atoms with E-state index in [4.69, 9.17) is 27.9 Å². The van der Waals surface area contributed by atoms with Gasteiger partial charge in [-0.15, -0.1) is 0 Å². The number of hydrogen-bond donors (Lipinski definition) is 0. The first kappa shape index (κ1) is 21.3. The van der Waals surface area contributed by atoms with Gasteiger partial charge in [0, 0.05) is 13.1 Å². The Morgan fingerprint density at radius 2 is 1.80 bits per heavy atom. The smallest absolute Gasteiger partial charge is 0.410 e. The van der Waals surface area contributed by atoms with Gasteiger partial charge in [-0.05, 0) is 51.6 Å². The molecule has 2 unspecified atom stereocenters. The summed E-state index contributed by atoms with van der Waals surface area (Å²) in [6, 6.07) is -0.0323. The maximum absolute atomic E-state index is 14.7. The summed E-state index contributed by atoms with van der Waals surface area (Å²) in [5.74, 6) is -0.171. The summed E-state index contributed by atoms with van der Waals surface area (Å²) >= 11 is 12.1. The van der Waals surface area contributed by atoms with Crippen molar-refractivity contribution in [3.8, 4) is 0 Å². The van der Waals surface area contributed by atoms with Gasteiger partial charge in [0.05, 0.1) is 23.2 Å². The molecule has 10 heteroatoms. The minimum absolute atomic E-state index is 0.0161. The van der Waals surface area contributed by atoms with E-state index < -0.39 is 11.4 Å². The molecule has 0 saturated carbocycles. The molecule has 0 aliphatic carbocycles. The summed E-state index contributed by atoms with van der Waals surface area (Å²) in [5, 5.41) is 0.242. The minimum atomic E-state index is -0.704. The number of pyridine rings is 1. The van der Waals surface area contributed by atoms with Crippen LogP contribution in [-0.2, 0) is 11.2 Å². The standard InChI is InChI=1S/C20H24Cl2FN5O2/c1-5-12-13-15(14(23)16(21)24-12)25-18(22)26-17(13)27-8-10-6-7-11(9-27)28(10)19(29)30-20(2,3)4/h10-11H,5-9H2,1-4H3. The zero-order valence-electron chi connectivity index (χ0n) is 17.4. The number of rotatable bonds is 2. The Bertz CT molecular complexity index is 999. The quantitative estimate of drug-likeness (QED) is 0.485. The molecule has 4 heterocycles. The lowest BCUT2D eigenvalue weighted by atomic mass is 10.1. The second kappa shape index (κ2) is 7.64. The summed E-state index contributed by atoms with van der Waals surface area (Å²) in [5.41, 5.74) is 0.136. The molecule has 30 heavy (non-hydrogen) atoms. The number of piperazine rings is 1. The van der Waals surface area contributed by atoms with Crippen molar-refractivity contribution in [1.29, 1.82) is 0 Å². The summed E-state index contributed by atoms with van der Waals surface area (Å²) in [6.07, 6.45) is 1.99.